The molecule has 0 radical (unpaired) electrons. The van der Waals surface area contributed by atoms with E-state index in [0.717, 1.165) is 0 Å². The van der Waals surface area contributed by atoms with E-state index in [-0.39, 0.29) is 18.0 Å². The highest BCUT2D eigenvalue weighted by Gasteiger charge is 2.25. The SMILES string of the molecule is COC(=O)CNCCN(C)S(=O)(=O)c1c(C)cc(OC)cc1C. The van der Waals surface area contributed by atoms with Crippen LogP contribution >= 0.6 is 0 Å². The van der Waals surface area contributed by atoms with Gasteiger partial charge in [0.1, 0.15) is 5.75 Å². The molecule has 0 aliphatic carbocycles. The molecule has 0 fully saturated rings. The second-order valence-corrected chi connectivity index (χ2v) is 7.15. The molecule has 0 aliphatic rings. The van der Waals surface area contributed by atoms with Crippen molar-refractivity contribution in [3.63, 3.8) is 0 Å². The number of carbonyl (C=O) groups excluding carboxylic acids is 1. The number of likely N-dealkylation sites (N-methyl/N-ethyl adjacent to an activating group) is 1. The molecule has 0 saturated heterocycles. The van der Waals surface area contributed by atoms with Crippen LogP contribution in [0.5, 0.6) is 5.75 Å². The molecule has 0 amide bonds. The average molecular weight is 344 g/mol. The monoisotopic (exact) mass is 344 g/mol. The first-order valence-corrected chi connectivity index (χ1v) is 8.57. The number of esters is 1. The molecule has 0 spiro atoms. The zero-order valence-electron chi connectivity index (χ0n) is 14.2. The van der Waals surface area contributed by atoms with E-state index in [2.05, 4.69) is 10.1 Å². The number of ether oxygens (including phenoxy) is 2. The van der Waals surface area contributed by atoms with Gasteiger partial charge in [-0.3, -0.25) is 4.79 Å². The number of sulfonamides is 1. The molecular formula is C15H24N2O5S. The van der Waals surface area contributed by atoms with Gasteiger partial charge in [-0.05, 0) is 37.1 Å². The summed E-state index contributed by atoms with van der Waals surface area (Å²) in [5, 5.41) is 2.84. The molecule has 130 valence electrons. The lowest BCUT2D eigenvalue weighted by Crippen LogP contribution is -2.36. The lowest BCUT2D eigenvalue weighted by Gasteiger charge is -2.20. The Balaban J connectivity index is 2.84. The van der Waals surface area contributed by atoms with Gasteiger partial charge in [0.15, 0.2) is 0 Å². The number of hydrogen-bond donors (Lipinski definition) is 1. The molecule has 0 atom stereocenters. The molecular weight excluding hydrogens is 320 g/mol. The van der Waals surface area contributed by atoms with Gasteiger partial charge in [0, 0.05) is 20.1 Å². The van der Waals surface area contributed by atoms with Gasteiger partial charge in [0.05, 0.1) is 25.7 Å². The van der Waals surface area contributed by atoms with Crippen molar-refractivity contribution in [2.75, 3.05) is 40.9 Å². The summed E-state index contributed by atoms with van der Waals surface area (Å²) in [5.41, 5.74) is 1.27. The molecule has 0 aromatic heterocycles. The van der Waals surface area contributed by atoms with Gasteiger partial charge in [0.25, 0.3) is 0 Å². The number of aryl methyl sites for hydroxylation is 2. The first-order valence-electron chi connectivity index (χ1n) is 7.13. The van der Waals surface area contributed by atoms with Gasteiger partial charge >= 0.3 is 5.97 Å². The number of rotatable bonds is 8. The summed E-state index contributed by atoms with van der Waals surface area (Å²) in [6.07, 6.45) is 0. The van der Waals surface area contributed by atoms with E-state index in [1.54, 1.807) is 33.1 Å². The molecule has 7 nitrogen and oxygen atoms in total. The van der Waals surface area contributed by atoms with Gasteiger partial charge in [-0.2, -0.15) is 4.31 Å². The van der Waals surface area contributed by atoms with Gasteiger partial charge < -0.3 is 14.8 Å². The third-order valence-corrected chi connectivity index (χ3v) is 5.60. The van der Waals surface area contributed by atoms with Crippen molar-refractivity contribution in [2.24, 2.45) is 0 Å². The highest BCUT2D eigenvalue weighted by molar-refractivity contribution is 7.89. The third-order valence-electron chi connectivity index (χ3n) is 3.44. The van der Waals surface area contributed by atoms with E-state index in [4.69, 9.17) is 4.74 Å². The van der Waals surface area contributed by atoms with Crippen molar-refractivity contribution in [3.8, 4) is 5.75 Å². The molecule has 0 bridgehead atoms. The van der Waals surface area contributed by atoms with Crippen molar-refractivity contribution in [2.45, 2.75) is 18.7 Å². The van der Waals surface area contributed by atoms with Crippen LogP contribution in [0.1, 0.15) is 11.1 Å². The molecule has 1 rings (SSSR count). The smallest absolute Gasteiger partial charge is 0.319 e. The van der Waals surface area contributed by atoms with Crippen LogP contribution in [0.4, 0.5) is 0 Å². The van der Waals surface area contributed by atoms with E-state index in [1.165, 1.54) is 18.5 Å². The average Bonchev–Trinajstić information content (AvgIpc) is 2.49. The van der Waals surface area contributed by atoms with Crippen LogP contribution in [-0.4, -0.2) is 59.6 Å². The summed E-state index contributed by atoms with van der Waals surface area (Å²) in [7, 11) is 0.747. The fourth-order valence-corrected chi connectivity index (χ4v) is 3.79. The molecule has 1 N–H and O–H groups in total. The van der Waals surface area contributed by atoms with Crippen molar-refractivity contribution in [1.82, 2.24) is 9.62 Å². The van der Waals surface area contributed by atoms with Crippen LogP contribution < -0.4 is 10.1 Å². The Morgan fingerprint density at radius 2 is 1.78 bits per heavy atom. The highest BCUT2D eigenvalue weighted by atomic mass is 32.2. The second-order valence-electron chi connectivity index (χ2n) is 5.17. The summed E-state index contributed by atoms with van der Waals surface area (Å²) in [4.78, 5) is 11.3. The molecule has 8 heteroatoms. The molecule has 1 aromatic carbocycles. The first kappa shape index (κ1) is 19.4. The van der Waals surface area contributed by atoms with Crippen molar-refractivity contribution in [1.29, 1.82) is 0 Å². The number of nitrogens with zero attached hydrogens (tertiary/aromatic N) is 1. The van der Waals surface area contributed by atoms with Crippen LogP contribution in [0.25, 0.3) is 0 Å². The molecule has 23 heavy (non-hydrogen) atoms. The maximum absolute atomic E-state index is 12.7. The Kier molecular flexibility index (Phi) is 6.99. The lowest BCUT2D eigenvalue weighted by molar-refractivity contribution is -0.139. The Bertz CT molecular complexity index is 635. The predicted molar refractivity (Wildman–Crippen MR) is 87.2 cm³/mol. The van der Waals surface area contributed by atoms with Crippen LogP contribution in [-0.2, 0) is 19.6 Å². The zero-order chi connectivity index (χ0) is 17.6. The summed E-state index contributed by atoms with van der Waals surface area (Å²) in [6, 6.07) is 3.40. The fraction of sp³-hybridized carbons (Fsp3) is 0.533. The van der Waals surface area contributed by atoms with Crippen molar-refractivity contribution >= 4 is 16.0 Å². The summed E-state index contributed by atoms with van der Waals surface area (Å²) in [6.45, 7) is 4.12. The number of hydrogen-bond acceptors (Lipinski definition) is 6. The zero-order valence-corrected chi connectivity index (χ0v) is 15.0. The van der Waals surface area contributed by atoms with Gasteiger partial charge in [0.2, 0.25) is 10.0 Å². The molecule has 0 unspecified atom stereocenters. The Labute approximate surface area is 137 Å². The Morgan fingerprint density at radius 1 is 1.22 bits per heavy atom. The van der Waals surface area contributed by atoms with Crippen LogP contribution in [0.3, 0.4) is 0 Å². The van der Waals surface area contributed by atoms with E-state index >= 15 is 0 Å². The molecule has 0 saturated carbocycles. The van der Waals surface area contributed by atoms with E-state index in [1.807, 2.05) is 0 Å². The van der Waals surface area contributed by atoms with Crippen LogP contribution in [0.15, 0.2) is 17.0 Å². The minimum absolute atomic E-state index is 0.0466. The summed E-state index contributed by atoms with van der Waals surface area (Å²) >= 11 is 0. The van der Waals surface area contributed by atoms with Gasteiger partial charge in [-0.25, -0.2) is 8.42 Å². The second kappa shape index (κ2) is 8.28. The van der Waals surface area contributed by atoms with E-state index in [0.29, 0.717) is 23.4 Å². The molecule has 0 aliphatic heterocycles. The quantitative estimate of drug-likeness (QED) is 0.552. The number of nitrogens with one attached hydrogen (secondary N) is 1. The molecule has 1 aromatic rings. The maximum Gasteiger partial charge on any atom is 0.319 e. The standard InChI is InChI=1S/C15H24N2O5S/c1-11-8-13(21-4)9-12(2)15(11)23(19,20)17(3)7-6-16-10-14(18)22-5/h8-9,16H,6-7,10H2,1-5H3. The minimum atomic E-state index is -3.61. The van der Waals surface area contributed by atoms with Gasteiger partial charge in [-0.1, -0.05) is 0 Å². The van der Waals surface area contributed by atoms with Crippen LogP contribution in [0, 0.1) is 13.8 Å². The van der Waals surface area contributed by atoms with Crippen LogP contribution in [0.2, 0.25) is 0 Å². The predicted octanol–water partition coefficient (Wildman–Crippen LogP) is 0.695. The van der Waals surface area contributed by atoms with Crippen molar-refractivity contribution in [3.05, 3.63) is 23.3 Å². The third kappa shape index (κ3) is 4.92. The molecule has 0 heterocycles. The fourth-order valence-electron chi connectivity index (χ4n) is 2.21. The van der Waals surface area contributed by atoms with Gasteiger partial charge in [-0.15, -0.1) is 0 Å². The highest BCUT2D eigenvalue weighted by Crippen LogP contribution is 2.27. The Hall–Kier alpha value is -1.64. The first-order chi connectivity index (χ1) is 10.7. The maximum atomic E-state index is 12.7. The summed E-state index contributed by atoms with van der Waals surface area (Å²) < 4.78 is 36.4. The topological polar surface area (TPSA) is 84.9 Å². The van der Waals surface area contributed by atoms with E-state index < -0.39 is 16.0 Å². The number of benzene rings is 1. The normalized spacial score (nSPS) is 11.6. The number of carbonyl (C=O) groups is 1. The lowest BCUT2D eigenvalue weighted by atomic mass is 10.1. The largest absolute Gasteiger partial charge is 0.497 e. The van der Waals surface area contributed by atoms with Crippen molar-refractivity contribution < 1.29 is 22.7 Å². The minimum Gasteiger partial charge on any atom is -0.497 e. The summed E-state index contributed by atoms with van der Waals surface area (Å²) in [5.74, 6) is 0.235. The Morgan fingerprint density at radius 3 is 2.26 bits per heavy atom. The van der Waals surface area contributed by atoms with E-state index in [9.17, 15) is 13.2 Å². The number of methoxy groups -OCH3 is 2.